The number of hydrogen-bond acceptors (Lipinski definition) is 0. The van der Waals surface area contributed by atoms with Crippen LogP contribution in [0.2, 0.25) is 0 Å². The Morgan fingerprint density at radius 1 is 1.36 bits per heavy atom. The van der Waals surface area contributed by atoms with Crippen molar-refractivity contribution < 1.29 is 4.68 Å². The van der Waals surface area contributed by atoms with E-state index in [0.717, 1.165) is 19.5 Å². The zero-order valence-corrected chi connectivity index (χ0v) is 7.67. The molecule has 0 atom stereocenters. The summed E-state index contributed by atoms with van der Waals surface area (Å²) in [6.45, 7) is 8.69. The number of rotatable bonds is 3. The van der Waals surface area contributed by atoms with Crippen molar-refractivity contribution in [2.75, 3.05) is 0 Å². The minimum Gasteiger partial charge on any atom is -0.158 e. The van der Waals surface area contributed by atoms with Crippen molar-refractivity contribution in [2.45, 2.75) is 40.3 Å². The molecule has 1 aromatic heterocycles. The molecule has 0 spiro atoms. The minimum atomic E-state index is 1.06. The molecule has 0 N–H and O–H groups in total. The molecule has 0 amide bonds. The third-order valence-electron chi connectivity index (χ3n) is 2.07. The predicted octanol–water partition coefficient (Wildman–Crippen LogP) is 1.38. The summed E-state index contributed by atoms with van der Waals surface area (Å²) in [5.74, 6) is 0. The number of aromatic nitrogens is 2. The quantitative estimate of drug-likeness (QED) is 0.580. The number of nitrogens with zero attached hydrogens (tertiary/aromatic N) is 2. The van der Waals surface area contributed by atoms with Gasteiger partial charge >= 0.3 is 0 Å². The molecule has 0 bridgehead atoms. The van der Waals surface area contributed by atoms with Crippen LogP contribution in [0.5, 0.6) is 0 Å². The monoisotopic (exact) mass is 153 g/mol. The lowest BCUT2D eigenvalue weighted by Crippen LogP contribution is -2.41. The lowest BCUT2D eigenvalue weighted by atomic mass is 10.3. The van der Waals surface area contributed by atoms with Crippen LogP contribution in [0.15, 0.2) is 12.3 Å². The van der Waals surface area contributed by atoms with Gasteiger partial charge in [-0.15, -0.1) is 4.68 Å². The van der Waals surface area contributed by atoms with Crippen molar-refractivity contribution in [3.63, 3.8) is 0 Å². The van der Waals surface area contributed by atoms with E-state index in [1.807, 2.05) is 0 Å². The summed E-state index contributed by atoms with van der Waals surface area (Å²) < 4.78 is 4.57. The van der Waals surface area contributed by atoms with Crippen molar-refractivity contribution in [3.8, 4) is 0 Å². The van der Waals surface area contributed by atoms with Gasteiger partial charge in [-0.3, -0.25) is 0 Å². The van der Waals surface area contributed by atoms with E-state index in [0.29, 0.717) is 0 Å². The molecular formula is C9H17N2+. The molecule has 0 fully saturated rings. The topological polar surface area (TPSA) is 8.81 Å². The van der Waals surface area contributed by atoms with Gasteiger partial charge in [0.25, 0.3) is 0 Å². The third kappa shape index (κ3) is 1.44. The fourth-order valence-electron chi connectivity index (χ4n) is 1.46. The standard InChI is InChI=1S/C9H17N2/c1-4-9-7-8-10(5-2)11(9)6-3/h7-8H,4-6H2,1-3H3/q+1. The van der Waals surface area contributed by atoms with E-state index in [9.17, 15) is 0 Å². The Labute approximate surface area is 68.4 Å². The Morgan fingerprint density at radius 2 is 2.09 bits per heavy atom. The van der Waals surface area contributed by atoms with Crippen LogP contribution < -0.4 is 4.68 Å². The molecule has 0 aliphatic heterocycles. The average molecular weight is 153 g/mol. The van der Waals surface area contributed by atoms with Crippen molar-refractivity contribution in [2.24, 2.45) is 0 Å². The summed E-state index contributed by atoms with van der Waals surface area (Å²) >= 11 is 0. The fourth-order valence-corrected chi connectivity index (χ4v) is 1.46. The Balaban J connectivity index is 2.99. The first kappa shape index (κ1) is 8.31. The predicted molar refractivity (Wildman–Crippen MR) is 45.4 cm³/mol. The summed E-state index contributed by atoms with van der Waals surface area (Å²) in [5.41, 5.74) is 1.43. The molecule has 1 heterocycles. The Morgan fingerprint density at radius 3 is 2.55 bits per heavy atom. The molecule has 62 valence electrons. The minimum absolute atomic E-state index is 1.06. The normalized spacial score (nSPS) is 10.5. The first-order chi connectivity index (χ1) is 5.33. The van der Waals surface area contributed by atoms with E-state index in [1.54, 1.807) is 0 Å². The first-order valence-electron chi connectivity index (χ1n) is 4.41. The highest BCUT2D eigenvalue weighted by atomic mass is 15.4. The second-order valence-corrected chi connectivity index (χ2v) is 2.63. The highest BCUT2D eigenvalue weighted by Crippen LogP contribution is 1.97. The fraction of sp³-hybridized carbons (Fsp3) is 0.667. The first-order valence-corrected chi connectivity index (χ1v) is 4.41. The average Bonchev–Trinajstić information content (AvgIpc) is 2.45. The van der Waals surface area contributed by atoms with Gasteiger partial charge in [0, 0.05) is 6.07 Å². The maximum Gasteiger partial charge on any atom is 0.195 e. The highest BCUT2D eigenvalue weighted by molar-refractivity contribution is 4.95. The van der Waals surface area contributed by atoms with Crippen LogP contribution in [-0.4, -0.2) is 4.68 Å². The van der Waals surface area contributed by atoms with Gasteiger partial charge in [0.15, 0.2) is 12.7 Å². The number of aryl methyl sites for hydroxylation is 2. The van der Waals surface area contributed by atoms with Gasteiger partial charge in [0.1, 0.15) is 0 Å². The third-order valence-corrected chi connectivity index (χ3v) is 2.07. The van der Waals surface area contributed by atoms with E-state index < -0.39 is 0 Å². The molecule has 1 rings (SSSR count). The van der Waals surface area contributed by atoms with Gasteiger partial charge in [-0.2, -0.15) is 4.68 Å². The van der Waals surface area contributed by atoms with Crippen LogP contribution >= 0.6 is 0 Å². The molecule has 11 heavy (non-hydrogen) atoms. The highest BCUT2D eigenvalue weighted by Gasteiger charge is 2.08. The van der Waals surface area contributed by atoms with Crippen LogP contribution in [0, 0.1) is 0 Å². The lowest BCUT2D eigenvalue weighted by Gasteiger charge is -2.00. The molecule has 0 aromatic carbocycles. The molecule has 0 saturated heterocycles. The number of hydrogen-bond donors (Lipinski definition) is 0. The molecule has 1 aromatic rings. The smallest absolute Gasteiger partial charge is 0.158 e. The molecular weight excluding hydrogens is 136 g/mol. The summed E-state index contributed by atoms with van der Waals surface area (Å²) in [5, 5.41) is 0. The molecule has 0 aliphatic rings. The van der Waals surface area contributed by atoms with Crippen LogP contribution in [0.3, 0.4) is 0 Å². The maximum atomic E-state index is 2.32. The van der Waals surface area contributed by atoms with Gasteiger partial charge in [0.05, 0.1) is 12.2 Å². The van der Waals surface area contributed by atoms with E-state index in [2.05, 4.69) is 42.4 Å². The molecule has 0 radical (unpaired) electrons. The molecule has 0 unspecified atom stereocenters. The van der Waals surface area contributed by atoms with E-state index in [-0.39, 0.29) is 0 Å². The Kier molecular flexibility index (Phi) is 2.69. The van der Waals surface area contributed by atoms with Gasteiger partial charge in [-0.25, -0.2) is 0 Å². The molecule has 0 saturated carbocycles. The van der Waals surface area contributed by atoms with Crippen molar-refractivity contribution in [1.82, 2.24) is 4.68 Å². The SMILES string of the molecule is CCc1cc[n+](CC)n1CC. The van der Waals surface area contributed by atoms with Gasteiger partial charge in [-0.1, -0.05) is 6.92 Å². The van der Waals surface area contributed by atoms with Gasteiger partial charge in [0.2, 0.25) is 0 Å². The summed E-state index contributed by atoms with van der Waals surface area (Å²) in [6, 6.07) is 2.20. The van der Waals surface area contributed by atoms with Gasteiger partial charge < -0.3 is 0 Å². The summed E-state index contributed by atoms with van der Waals surface area (Å²) in [4.78, 5) is 0. The molecule has 2 nitrogen and oxygen atoms in total. The van der Waals surface area contributed by atoms with Crippen LogP contribution in [0.4, 0.5) is 0 Å². The summed E-state index contributed by atoms with van der Waals surface area (Å²) in [6.07, 6.45) is 3.28. The van der Waals surface area contributed by atoms with Crippen molar-refractivity contribution in [1.29, 1.82) is 0 Å². The van der Waals surface area contributed by atoms with Crippen LogP contribution in [0.1, 0.15) is 26.5 Å². The van der Waals surface area contributed by atoms with Crippen LogP contribution in [0.25, 0.3) is 0 Å². The maximum absolute atomic E-state index is 2.32. The second-order valence-electron chi connectivity index (χ2n) is 2.63. The largest absolute Gasteiger partial charge is 0.195 e. The Hall–Kier alpha value is -0.790. The molecule has 0 aliphatic carbocycles. The van der Waals surface area contributed by atoms with E-state index >= 15 is 0 Å². The van der Waals surface area contributed by atoms with E-state index in [1.165, 1.54) is 5.69 Å². The van der Waals surface area contributed by atoms with Crippen molar-refractivity contribution in [3.05, 3.63) is 18.0 Å². The zero-order chi connectivity index (χ0) is 8.27. The van der Waals surface area contributed by atoms with Crippen molar-refractivity contribution >= 4 is 0 Å². The van der Waals surface area contributed by atoms with E-state index in [4.69, 9.17) is 0 Å². The lowest BCUT2D eigenvalue weighted by molar-refractivity contribution is -0.772. The zero-order valence-electron chi connectivity index (χ0n) is 7.67. The van der Waals surface area contributed by atoms with Crippen LogP contribution in [-0.2, 0) is 19.5 Å². The second kappa shape index (κ2) is 3.56. The Bertz CT molecular complexity index is 204. The molecule has 2 heteroatoms. The summed E-state index contributed by atoms with van der Waals surface area (Å²) in [7, 11) is 0. The van der Waals surface area contributed by atoms with Gasteiger partial charge in [-0.05, 0) is 20.3 Å².